The van der Waals surface area contributed by atoms with Gasteiger partial charge in [-0.15, -0.1) is 11.3 Å². The van der Waals surface area contributed by atoms with Crippen molar-refractivity contribution in [1.82, 2.24) is 0 Å². The van der Waals surface area contributed by atoms with Crippen LogP contribution in [-0.4, -0.2) is 5.11 Å². The number of hydrogen-bond acceptors (Lipinski definition) is 3. The number of aryl methyl sites for hydroxylation is 1. The molecule has 2 rings (SSSR count). The molecule has 0 amide bonds. The number of halogens is 1. The van der Waals surface area contributed by atoms with Gasteiger partial charge in [-0.1, -0.05) is 6.42 Å². The molecule has 15 heavy (non-hydrogen) atoms. The summed E-state index contributed by atoms with van der Waals surface area (Å²) in [4.78, 5) is 2.05. The Labute approximate surface area is 102 Å². The molecule has 1 fully saturated rings. The molecular weight excluding hydrogens is 274 g/mol. The summed E-state index contributed by atoms with van der Waals surface area (Å²) >= 11 is 5.00. The average Bonchev–Trinajstić information content (AvgIpc) is 2.46. The minimum atomic E-state index is -0.619. The van der Waals surface area contributed by atoms with E-state index in [9.17, 15) is 5.11 Å². The van der Waals surface area contributed by atoms with E-state index in [1.165, 1.54) is 0 Å². The summed E-state index contributed by atoms with van der Waals surface area (Å²) in [7, 11) is 0. The van der Waals surface area contributed by atoms with Crippen molar-refractivity contribution in [3.05, 3.63) is 20.3 Å². The van der Waals surface area contributed by atoms with E-state index in [0.717, 1.165) is 33.5 Å². The number of aliphatic hydroxyl groups excluding tert-OH is 1. The van der Waals surface area contributed by atoms with Crippen molar-refractivity contribution in [2.45, 2.75) is 32.3 Å². The van der Waals surface area contributed by atoms with Crippen molar-refractivity contribution < 1.29 is 5.11 Å². The molecule has 1 unspecified atom stereocenters. The van der Waals surface area contributed by atoms with Gasteiger partial charge in [-0.3, -0.25) is 0 Å². The minimum absolute atomic E-state index is 0.517. The lowest BCUT2D eigenvalue weighted by Crippen LogP contribution is -2.34. The summed E-state index contributed by atoms with van der Waals surface area (Å²) in [6, 6.07) is 4.22. The van der Waals surface area contributed by atoms with Gasteiger partial charge in [-0.2, -0.15) is 5.26 Å². The van der Waals surface area contributed by atoms with E-state index in [0.29, 0.717) is 0 Å². The standard InChI is InChI=1S/C11H12BrNOS/c1-7-8(12)5-9(15-7)10(14)11(6-13)3-2-4-11/h5,10,14H,2-4H2,1H3. The smallest absolute Gasteiger partial charge is 0.107 e. The van der Waals surface area contributed by atoms with Crippen LogP contribution in [0.1, 0.15) is 35.1 Å². The quantitative estimate of drug-likeness (QED) is 0.903. The zero-order chi connectivity index (χ0) is 11.1. The molecule has 0 aliphatic heterocycles. The van der Waals surface area contributed by atoms with Crippen molar-refractivity contribution in [2.24, 2.45) is 5.41 Å². The maximum Gasteiger partial charge on any atom is 0.107 e. The fraction of sp³-hybridized carbons (Fsp3) is 0.545. The average molecular weight is 286 g/mol. The first-order valence-corrected chi connectivity index (χ1v) is 6.55. The molecule has 1 heterocycles. The van der Waals surface area contributed by atoms with Gasteiger partial charge < -0.3 is 5.11 Å². The third-order valence-electron chi connectivity index (χ3n) is 3.14. The van der Waals surface area contributed by atoms with Crippen molar-refractivity contribution in [2.75, 3.05) is 0 Å². The SMILES string of the molecule is Cc1sc(C(O)C2(C#N)CCC2)cc1Br. The van der Waals surface area contributed by atoms with Crippen LogP contribution in [0.4, 0.5) is 0 Å². The second-order valence-electron chi connectivity index (χ2n) is 4.08. The van der Waals surface area contributed by atoms with E-state index in [1.54, 1.807) is 11.3 Å². The molecule has 1 aromatic rings. The van der Waals surface area contributed by atoms with E-state index in [1.807, 2.05) is 13.0 Å². The Morgan fingerprint density at radius 1 is 1.67 bits per heavy atom. The van der Waals surface area contributed by atoms with Crippen LogP contribution >= 0.6 is 27.3 Å². The lowest BCUT2D eigenvalue weighted by Gasteiger charge is -2.38. The van der Waals surface area contributed by atoms with Crippen LogP contribution in [0.15, 0.2) is 10.5 Å². The number of hydrogen-bond donors (Lipinski definition) is 1. The van der Waals surface area contributed by atoms with Crippen molar-refractivity contribution in [1.29, 1.82) is 5.26 Å². The zero-order valence-electron chi connectivity index (χ0n) is 8.46. The first kappa shape index (κ1) is 11.1. The molecule has 0 aromatic carbocycles. The van der Waals surface area contributed by atoms with Gasteiger partial charge in [0.05, 0.1) is 11.5 Å². The number of nitrogens with zero attached hydrogens (tertiary/aromatic N) is 1. The van der Waals surface area contributed by atoms with Crippen molar-refractivity contribution in [3.8, 4) is 6.07 Å². The third kappa shape index (κ3) is 1.73. The topological polar surface area (TPSA) is 44.0 Å². The molecule has 0 bridgehead atoms. The van der Waals surface area contributed by atoms with Crippen molar-refractivity contribution >= 4 is 27.3 Å². The van der Waals surface area contributed by atoms with Gasteiger partial charge in [-0.25, -0.2) is 0 Å². The maximum absolute atomic E-state index is 10.2. The number of rotatable bonds is 2. The van der Waals surface area contributed by atoms with Crippen LogP contribution in [0.5, 0.6) is 0 Å². The highest BCUT2D eigenvalue weighted by molar-refractivity contribution is 9.10. The number of nitriles is 1. The first-order valence-electron chi connectivity index (χ1n) is 4.94. The van der Waals surface area contributed by atoms with E-state index < -0.39 is 11.5 Å². The lowest BCUT2D eigenvalue weighted by molar-refractivity contribution is 0.0104. The molecule has 1 aliphatic rings. The van der Waals surface area contributed by atoms with E-state index in [-0.39, 0.29) is 0 Å². The Morgan fingerprint density at radius 2 is 2.33 bits per heavy atom. The molecule has 1 saturated carbocycles. The monoisotopic (exact) mass is 285 g/mol. The van der Waals surface area contributed by atoms with Crippen LogP contribution in [0, 0.1) is 23.7 Å². The van der Waals surface area contributed by atoms with E-state index in [4.69, 9.17) is 5.26 Å². The van der Waals surface area contributed by atoms with Gasteiger partial charge in [0.1, 0.15) is 6.10 Å². The number of thiophene rings is 1. The molecule has 80 valence electrons. The molecule has 0 spiro atoms. The fourth-order valence-corrected chi connectivity index (χ4v) is 3.56. The van der Waals surface area contributed by atoms with Gasteiger partial charge in [0, 0.05) is 14.2 Å². The summed E-state index contributed by atoms with van der Waals surface area (Å²) in [6.45, 7) is 2.00. The third-order valence-corrected chi connectivity index (χ3v) is 5.33. The summed E-state index contributed by atoms with van der Waals surface area (Å²) in [5.41, 5.74) is -0.517. The van der Waals surface area contributed by atoms with Crippen molar-refractivity contribution in [3.63, 3.8) is 0 Å². The van der Waals surface area contributed by atoms with Crippen LogP contribution < -0.4 is 0 Å². The molecular formula is C11H12BrNOS. The predicted molar refractivity (Wildman–Crippen MR) is 63.6 cm³/mol. The largest absolute Gasteiger partial charge is 0.386 e. The predicted octanol–water partition coefficient (Wildman–Crippen LogP) is 3.55. The fourth-order valence-electron chi connectivity index (χ4n) is 1.89. The Morgan fingerprint density at radius 3 is 2.67 bits per heavy atom. The first-order chi connectivity index (χ1) is 7.09. The van der Waals surface area contributed by atoms with E-state index in [2.05, 4.69) is 22.0 Å². The van der Waals surface area contributed by atoms with Crippen LogP contribution in [0.2, 0.25) is 0 Å². The number of aliphatic hydroxyl groups is 1. The summed E-state index contributed by atoms with van der Waals surface area (Å²) in [5.74, 6) is 0. The van der Waals surface area contributed by atoms with Crippen LogP contribution in [-0.2, 0) is 0 Å². The van der Waals surface area contributed by atoms with Gasteiger partial charge in [-0.05, 0) is 41.8 Å². The molecule has 0 saturated heterocycles. The normalized spacial score (nSPS) is 20.4. The second-order valence-corrected chi connectivity index (χ2v) is 6.22. The molecule has 4 heteroatoms. The van der Waals surface area contributed by atoms with Crippen LogP contribution in [0.3, 0.4) is 0 Å². The zero-order valence-corrected chi connectivity index (χ0v) is 10.9. The highest BCUT2D eigenvalue weighted by Crippen LogP contribution is 2.51. The Balaban J connectivity index is 2.28. The highest BCUT2D eigenvalue weighted by Gasteiger charge is 2.45. The molecule has 1 aliphatic carbocycles. The van der Waals surface area contributed by atoms with E-state index >= 15 is 0 Å². The summed E-state index contributed by atoms with van der Waals surface area (Å²) in [6.07, 6.45) is 2.07. The maximum atomic E-state index is 10.2. The van der Waals surface area contributed by atoms with Gasteiger partial charge in [0.25, 0.3) is 0 Å². The highest BCUT2D eigenvalue weighted by atomic mass is 79.9. The Bertz CT molecular complexity index is 397. The second kappa shape index (κ2) is 3.89. The van der Waals surface area contributed by atoms with Gasteiger partial charge in [0.2, 0.25) is 0 Å². The van der Waals surface area contributed by atoms with Gasteiger partial charge in [0.15, 0.2) is 0 Å². The van der Waals surface area contributed by atoms with Gasteiger partial charge >= 0.3 is 0 Å². The Kier molecular flexibility index (Phi) is 2.89. The lowest BCUT2D eigenvalue weighted by atomic mass is 9.66. The summed E-state index contributed by atoms with van der Waals surface area (Å²) in [5, 5.41) is 19.3. The molecule has 1 N–H and O–H groups in total. The minimum Gasteiger partial charge on any atom is -0.386 e. The molecule has 1 atom stereocenters. The molecule has 0 radical (unpaired) electrons. The Hall–Kier alpha value is -0.370. The van der Waals surface area contributed by atoms with Crippen LogP contribution in [0.25, 0.3) is 0 Å². The summed E-state index contributed by atoms with van der Waals surface area (Å²) < 4.78 is 1.02. The molecule has 1 aromatic heterocycles. The molecule has 2 nitrogen and oxygen atoms in total.